The number of nitrogens with one attached hydrogen (secondary N) is 1. The van der Waals surface area contributed by atoms with Gasteiger partial charge in [0.2, 0.25) is 5.91 Å². The van der Waals surface area contributed by atoms with E-state index in [0.717, 1.165) is 31.7 Å². The standard InChI is InChI=1S/C17H26N2O2.ClH/c1-13-6-7-16(11-14(13)2)21-10-8-17(20)19-9-4-5-15(19)12-18-3;/h6-7,11,15,18H,4-5,8-10,12H2,1-3H3;1H. The van der Waals surface area contributed by atoms with E-state index in [1.54, 1.807) is 0 Å². The first-order valence-corrected chi connectivity index (χ1v) is 7.76. The van der Waals surface area contributed by atoms with E-state index in [9.17, 15) is 4.79 Å². The first-order valence-electron chi connectivity index (χ1n) is 7.76. The largest absolute Gasteiger partial charge is 0.493 e. The van der Waals surface area contributed by atoms with Crippen molar-refractivity contribution < 1.29 is 9.53 Å². The third kappa shape index (κ3) is 4.89. The lowest BCUT2D eigenvalue weighted by Crippen LogP contribution is -2.41. The first kappa shape index (κ1) is 18.8. The Morgan fingerprint density at radius 3 is 2.82 bits per heavy atom. The van der Waals surface area contributed by atoms with E-state index in [1.807, 2.05) is 24.1 Å². The summed E-state index contributed by atoms with van der Waals surface area (Å²) < 4.78 is 5.70. The van der Waals surface area contributed by atoms with Crippen LogP contribution in [-0.2, 0) is 4.79 Å². The molecule has 0 aliphatic carbocycles. The molecule has 5 heteroatoms. The predicted octanol–water partition coefficient (Wildman–Crippen LogP) is 2.70. The lowest BCUT2D eigenvalue weighted by molar-refractivity contribution is -0.132. The minimum Gasteiger partial charge on any atom is -0.493 e. The lowest BCUT2D eigenvalue weighted by Gasteiger charge is -2.24. The van der Waals surface area contributed by atoms with Crippen molar-refractivity contribution in [3.05, 3.63) is 29.3 Å². The SMILES string of the molecule is CNCC1CCCN1C(=O)CCOc1ccc(C)c(C)c1.Cl. The maximum absolute atomic E-state index is 12.3. The Kier molecular flexibility index (Phi) is 7.69. The van der Waals surface area contributed by atoms with E-state index in [0.29, 0.717) is 19.1 Å². The van der Waals surface area contributed by atoms with Gasteiger partial charge in [0.1, 0.15) is 5.75 Å². The second kappa shape index (κ2) is 9.01. The van der Waals surface area contributed by atoms with Crippen molar-refractivity contribution in [1.82, 2.24) is 10.2 Å². The zero-order valence-corrected chi connectivity index (χ0v) is 14.5. The summed E-state index contributed by atoms with van der Waals surface area (Å²) >= 11 is 0. The minimum atomic E-state index is 0. The molecule has 22 heavy (non-hydrogen) atoms. The molecule has 1 saturated heterocycles. The number of likely N-dealkylation sites (tertiary alicyclic amines) is 1. The normalized spacial score (nSPS) is 17.2. The summed E-state index contributed by atoms with van der Waals surface area (Å²) in [7, 11) is 1.93. The molecule has 1 heterocycles. The van der Waals surface area contributed by atoms with Crippen LogP contribution in [0.15, 0.2) is 18.2 Å². The summed E-state index contributed by atoms with van der Waals surface area (Å²) in [6.07, 6.45) is 2.66. The third-order valence-electron chi connectivity index (χ3n) is 4.20. The number of likely N-dealkylation sites (N-methyl/N-ethyl adjacent to an activating group) is 1. The van der Waals surface area contributed by atoms with Gasteiger partial charge in [-0.05, 0) is 57.0 Å². The Morgan fingerprint density at radius 2 is 2.14 bits per heavy atom. The average molecular weight is 327 g/mol. The molecule has 0 spiro atoms. The van der Waals surface area contributed by atoms with Crippen molar-refractivity contribution >= 4 is 18.3 Å². The summed E-state index contributed by atoms with van der Waals surface area (Å²) in [5.74, 6) is 1.05. The molecule has 0 radical (unpaired) electrons. The maximum Gasteiger partial charge on any atom is 0.226 e. The number of nitrogens with zero attached hydrogens (tertiary/aromatic N) is 1. The van der Waals surface area contributed by atoms with Gasteiger partial charge in [-0.1, -0.05) is 6.07 Å². The van der Waals surface area contributed by atoms with E-state index < -0.39 is 0 Å². The molecule has 0 saturated carbocycles. The van der Waals surface area contributed by atoms with Crippen LogP contribution in [0.1, 0.15) is 30.4 Å². The smallest absolute Gasteiger partial charge is 0.226 e. The summed E-state index contributed by atoms with van der Waals surface area (Å²) in [5, 5.41) is 3.16. The fourth-order valence-electron chi connectivity index (χ4n) is 2.82. The third-order valence-corrected chi connectivity index (χ3v) is 4.20. The molecule has 1 aromatic rings. The number of ether oxygens (including phenoxy) is 1. The Hall–Kier alpha value is -1.26. The Morgan fingerprint density at radius 1 is 1.36 bits per heavy atom. The van der Waals surface area contributed by atoms with Crippen molar-refractivity contribution in [1.29, 1.82) is 0 Å². The molecule has 2 rings (SSSR count). The highest BCUT2D eigenvalue weighted by Gasteiger charge is 2.27. The molecular weight excluding hydrogens is 300 g/mol. The maximum atomic E-state index is 12.3. The number of rotatable bonds is 6. The number of carbonyl (C=O) groups excluding carboxylic acids is 1. The molecule has 0 aromatic heterocycles. The summed E-state index contributed by atoms with van der Waals surface area (Å²) in [4.78, 5) is 14.3. The van der Waals surface area contributed by atoms with Crippen LogP contribution in [0.4, 0.5) is 0 Å². The van der Waals surface area contributed by atoms with Crippen molar-refractivity contribution in [3.8, 4) is 5.75 Å². The van der Waals surface area contributed by atoms with Crippen LogP contribution >= 0.6 is 12.4 Å². The van der Waals surface area contributed by atoms with Gasteiger partial charge >= 0.3 is 0 Å². The van der Waals surface area contributed by atoms with Crippen LogP contribution in [0.3, 0.4) is 0 Å². The first-order chi connectivity index (χ1) is 10.1. The van der Waals surface area contributed by atoms with Crippen molar-refractivity contribution in [3.63, 3.8) is 0 Å². The number of carbonyl (C=O) groups is 1. The summed E-state index contributed by atoms with van der Waals surface area (Å²) in [6.45, 7) is 6.36. The van der Waals surface area contributed by atoms with E-state index in [1.165, 1.54) is 11.1 Å². The van der Waals surface area contributed by atoms with Gasteiger partial charge in [-0.15, -0.1) is 12.4 Å². The molecule has 0 bridgehead atoms. The molecule has 1 aliphatic rings. The number of aryl methyl sites for hydroxylation is 2. The molecule has 1 fully saturated rings. The van der Waals surface area contributed by atoms with E-state index in [4.69, 9.17) is 4.74 Å². The van der Waals surface area contributed by atoms with Crippen LogP contribution in [-0.4, -0.2) is 43.6 Å². The second-order valence-corrected chi connectivity index (χ2v) is 5.79. The molecule has 1 aliphatic heterocycles. The van der Waals surface area contributed by atoms with Gasteiger partial charge in [0.25, 0.3) is 0 Å². The van der Waals surface area contributed by atoms with Crippen LogP contribution in [0.5, 0.6) is 5.75 Å². The molecule has 1 amide bonds. The Balaban J connectivity index is 0.00000242. The molecule has 4 nitrogen and oxygen atoms in total. The lowest BCUT2D eigenvalue weighted by atomic mass is 10.1. The minimum absolute atomic E-state index is 0. The molecular formula is C17H27ClN2O2. The average Bonchev–Trinajstić information content (AvgIpc) is 2.91. The number of amides is 1. The molecule has 124 valence electrons. The Labute approximate surface area is 139 Å². The van der Waals surface area contributed by atoms with Crippen LogP contribution in [0, 0.1) is 13.8 Å². The zero-order chi connectivity index (χ0) is 15.2. The fraction of sp³-hybridized carbons (Fsp3) is 0.588. The van der Waals surface area contributed by atoms with E-state index >= 15 is 0 Å². The highest BCUT2D eigenvalue weighted by Crippen LogP contribution is 2.19. The number of hydrogen-bond donors (Lipinski definition) is 1. The Bertz CT molecular complexity index is 494. The summed E-state index contributed by atoms with van der Waals surface area (Å²) in [5.41, 5.74) is 2.47. The van der Waals surface area contributed by atoms with Crippen molar-refractivity contribution in [2.75, 3.05) is 26.7 Å². The van der Waals surface area contributed by atoms with Gasteiger partial charge in [0, 0.05) is 19.1 Å². The number of hydrogen-bond acceptors (Lipinski definition) is 3. The quantitative estimate of drug-likeness (QED) is 0.874. The van der Waals surface area contributed by atoms with Crippen molar-refractivity contribution in [2.24, 2.45) is 0 Å². The van der Waals surface area contributed by atoms with Gasteiger partial charge in [-0.2, -0.15) is 0 Å². The van der Waals surface area contributed by atoms with Gasteiger partial charge in [-0.3, -0.25) is 4.79 Å². The van der Waals surface area contributed by atoms with Gasteiger partial charge < -0.3 is 15.0 Å². The van der Waals surface area contributed by atoms with Crippen molar-refractivity contribution in [2.45, 2.75) is 39.2 Å². The number of benzene rings is 1. The highest BCUT2D eigenvalue weighted by atomic mass is 35.5. The molecule has 1 unspecified atom stereocenters. The van der Waals surface area contributed by atoms with E-state index in [2.05, 4.69) is 25.2 Å². The summed E-state index contributed by atoms with van der Waals surface area (Å²) in [6, 6.07) is 6.39. The molecule has 1 N–H and O–H groups in total. The monoisotopic (exact) mass is 326 g/mol. The van der Waals surface area contributed by atoms with Crippen LogP contribution in [0.25, 0.3) is 0 Å². The van der Waals surface area contributed by atoms with Gasteiger partial charge in [0.15, 0.2) is 0 Å². The fourth-order valence-corrected chi connectivity index (χ4v) is 2.82. The predicted molar refractivity (Wildman–Crippen MR) is 91.9 cm³/mol. The number of halogens is 1. The second-order valence-electron chi connectivity index (χ2n) is 5.79. The zero-order valence-electron chi connectivity index (χ0n) is 13.7. The topological polar surface area (TPSA) is 41.6 Å². The molecule has 1 atom stereocenters. The highest BCUT2D eigenvalue weighted by molar-refractivity contribution is 5.85. The van der Waals surface area contributed by atoms with Crippen LogP contribution in [0.2, 0.25) is 0 Å². The van der Waals surface area contributed by atoms with Gasteiger partial charge in [-0.25, -0.2) is 0 Å². The molecule has 1 aromatic carbocycles. The van der Waals surface area contributed by atoms with Crippen LogP contribution < -0.4 is 10.1 Å². The van der Waals surface area contributed by atoms with Gasteiger partial charge in [0.05, 0.1) is 13.0 Å². The van der Waals surface area contributed by atoms with E-state index in [-0.39, 0.29) is 18.3 Å².